The number of aromatic nitrogens is 1. The van der Waals surface area contributed by atoms with Crippen molar-refractivity contribution < 1.29 is 30.0 Å². The Morgan fingerprint density at radius 3 is 2.26 bits per heavy atom. The van der Waals surface area contributed by atoms with Gasteiger partial charge in [0.2, 0.25) is 0 Å². The largest absolute Gasteiger partial charge is 0.512 e. The summed E-state index contributed by atoms with van der Waals surface area (Å²) in [6.45, 7) is 13.9. The van der Waals surface area contributed by atoms with Crippen LogP contribution in [0.25, 0.3) is 31.8 Å². The average Bonchev–Trinajstić information content (AvgIpc) is 3.09. The summed E-state index contributed by atoms with van der Waals surface area (Å²) in [5.74, 6) is -0.0625. The van der Waals surface area contributed by atoms with Gasteiger partial charge in [-0.05, 0) is 43.0 Å². The van der Waals surface area contributed by atoms with Gasteiger partial charge < -0.3 is 10.1 Å². The Kier molecular flexibility index (Phi) is 9.74. The molecule has 0 amide bonds. The molecule has 185 valence electrons. The van der Waals surface area contributed by atoms with E-state index in [1.807, 2.05) is 17.5 Å². The second-order valence-corrected chi connectivity index (χ2v) is 10.7. The van der Waals surface area contributed by atoms with Crippen LogP contribution >= 0.6 is 11.3 Å². The van der Waals surface area contributed by atoms with Crippen molar-refractivity contribution in [3.05, 3.63) is 89.3 Å². The maximum absolute atomic E-state index is 10.0. The minimum absolute atomic E-state index is 0. The predicted octanol–water partition coefficient (Wildman–Crippen LogP) is 8.38. The molecule has 0 spiro atoms. The van der Waals surface area contributed by atoms with Crippen molar-refractivity contribution in [2.24, 2.45) is 0 Å². The summed E-state index contributed by atoms with van der Waals surface area (Å²) in [5, 5.41) is 9.61. The van der Waals surface area contributed by atoms with Crippen LogP contribution in [0.4, 0.5) is 0 Å². The number of nitrogens with zero attached hydrogens (tertiary/aromatic N) is 1. The van der Waals surface area contributed by atoms with E-state index < -0.39 is 0 Å². The number of pyridine rings is 1. The first kappa shape index (κ1) is 28.6. The van der Waals surface area contributed by atoms with Crippen molar-refractivity contribution in [3.8, 4) is 21.7 Å². The molecule has 0 fully saturated rings. The number of carbonyl (C=O) groups excluding carboxylic acids is 1. The summed E-state index contributed by atoms with van der Waals surface area (Å²) in [5.41, 5.74) is 7.25. The Bertz CT molecular complexity index is 1340. The van der Waals surface area contributed by atoms with E-state index >= 15 is 0 Å². The molecule has 35 heavy (non-hydrogen) atoms. The zero-order chi connectivity index (χ0) is 25.0. The number of aliphatic hydroxyl groups is 1. The van der Waals surface area contributed by atoms with Crippen LogP contribution in [0.5, 0.6) is 0 Å². The molecule has 0 aliphatic rings. The molecule has 0 unspecified atom stereocenters. The van der Waals surface area contributed by atoms with Gasteiger partial charge in [-0.15, -0.1) is 46.2 Å². The van der Waals surface area contributed by atoms with Crippen molar-refractivity contribution >= 4 is 27.2 Å². The van der Waals surface area contributed by atoms with Gasteiger partial charge in [-0.3, -0.25) is 4.79 Å². The summed E-state index contributed by atoms with van der Waals surface area (Å²) < 4.78 is 1.28. The van der Waals surface area contributed by atoms with Crippen LogP contribution in [0, 0.1) is 19.9 Å². The van der Waals surface area contributed by atoms with Gasteiger partial charge in [0, 0.05) is 47.3 Å². The summed E-state index contributed by atoms with van der Waals surface area (Å²) in [6, 6.07) is 20.8. The maximum Gasteiger partial charge on any atom is 0.155 e. The minimum atomic E-state index is -0.125. The smallest absolute Gasteiger partial charge is 0.155 e. The van der Waals surface area contributed by atoms with E-state index in [9.17, 15) is 4.79 Å². The molecule has 5 heteroatoms. The third-order valence-corrected chi connectivity index (χ3v) is 6.72. The van der Waals surface area contributed by atoms with Crippen LogP contribution < -0.4 is 0 Å². The quantitative estimate of drug-likeness (QED) is 0.136. The summed E-state index contributed by atoms with van der Waals surface area (Å²) in [4.78, 5) is 16.1. The van der Waals surface area contributed by atoms with Gasteiger partial charge >= 0.3 is 0 Å². The number of ketones is 1. The summed E-state index contributed by atoms with van der Waals surface area (Å²) in [7, 11) is 0. The first-order valence-corrected chi connectivity index (χ1v) is 12.1. The molecule has 1 N–H and O–H groups in total. The number of fused-ring (bicyclic) bond motifs is 1. The van der Waals surface area contributed by atoms with Gasteiger partial charge in [-0.2, -0.15) is 0 Å². The number of aliphatic hydroxyl groups excluding tert-OH is 1. The van der Waals surface area contributed by atoms with Crippen LogP contribution in [0.3, 0.4) is 0 Å². The number of aryl methyl sites for hydroxylation is 2. The van der Waals surface area contributed by atoms with Crippen LogP contribution in [0.1, 0.15) is 51.3 Å². The van der Waals surface area contributed by atoms with Gasteiger partial charge in [0.15, 0.2) is 5.78 Å². The number of rotatable bonds is 3. The Balaban J connectivity index is 0.000000476. The maximum atomic E-state index is 10.0. The zero-order valence-electron chi connectivity index (χ0n) is 21.3. The van der Waals surface area contributed by atoms with Crippen molar-refractivity contribution in [3.63, 3.8) is 0 Å². The van der Waals surface area contributed by atoms with Crippen LogP contribution in [0.15, 0.2) is 66.6 Å². The molecule has 4 rings (SSSR count). The third kappa shape index (κ3) is 7.44. The van der Waals surface area contributed by atoms with Gasteiger partial charge in [0.25, 0.3) is 0 Å². The fourth-order valence-corrected chi connectivity index (χ4v) is 4.93. The van der Waals surface area contributed by atoms with Gasteiger partial charge in [-0.25, -0.2) is 0 Å². The van der Waals surface area contributed by atoms with Gasteiger partial charge in [0.1, 0.15) is 0 Å². The third-order valence-electron chi connectivity index (χ3n) is 5.42. The normalized spacial score (nSPS) is 11.5. The molecule has 3 nitrogen and oxygen atoms in total. The van der Waals surface area contributed by atoms with Crippen LogP contribution in [-0.4, -0.2) is 15.9 Å². The van der Waals surface area contributed by atoms with E-state index in [4.69, 9.17) is 10.1 Å². The average molecular weight is 663 g/mol. The van der Waals surface area contributed by atoms with Crippen molar-refractivity contribution in [1.29, 1.82) is 0 Å². The standard InChI is InChI=1S/C25H24NS.C5H8O2.Ir/c1-16-11-19(13-20(12-16)25(3,4)5)22-14-23-21(15-26-22)17(2)24(27-23)18-9-7-6-8-10-18;1-4(6)3-5(2)7;/h6-10,12-15H,1-5H3;3,6H,1-2H3;/q-1;;/b;4-3-;. The van der Waals surface area contributed by atoms with Crippen LogP contribution in [-0.2, 0) is 30.3 Å². The molecule has 2 aromatic heterocycles. The van der Waals surface area contributed by atoms with E-state index in [-0.39, 0.29) is 37.1 Å². The van der Waals surface area contributed by atoms with Gasteiger partial charge in [-0.1, -0.05) is 64.1 Å². The number of thiophene rings is 1. The molecule has 2 aromatic carbocycles. The molecule has 0 aliphatic carbocycles. The summed E-state index contributed by atoms with van der Waals surface area (Å²) >= 11 is 1.85. The molecule has 4 aromatic rings. The predicted molar refractivity (Wildman–Crippen MR) is 145 cm³/mol. The Morgan fingerprint density at radius 1 is 1.06 bits per heavy atom. The molecule has 0 saturated carbocycles. The van der Waals surface area contributed by atoms with Crippen LogP contribution in [0.2, 0.25) is 0 Å². The van der Waals surface area contributed by atoms with Crippen molar-refractivity contribution in [2.75, 3.05) is 0 Å². The number of hydrogen-bond donors (Lipinski definition) is 1. The van der Waals surface area contributed by atoms with E-state index in [0.717, 1.165) is 16.8 Å². The number of carbonyl (C=O) groups is 1. The monoisotopic (exact) mass is 663 g/mol. The topological polar surface area (TPSA) is 50.2 Å². The molecule has 2 heterocycles. The fraction of sp³-hybridized carbons (Fsp3) is 0.267. The zero-order valence-corrected chi connectivity index (χ0v) is 24.5. The first-order valence-electron chi connectivity index (χ1n) is 11.3. The molecule has 1 radical (unpaired) electrons. The number of benzene rings is 2. The van der Waals surface area contributed by atoms with Gasteiger partial charge in [0.05, 0.1) is 5.76 Å². The van der Waals surface area contributed by atoms with Crippen molar-refractivity contribution in [1.82, 2.24) is 4.98 Å². The molecule has 0 saturated heterocycles. The number of allylic oxidation sites excluding steroid dienone is 2. The van der Waals surface area contributed by atoms with E-state index in [1.165, 1.54) is 51.6 Å². The second kappa shape index (κ2) is 11.9. The second-order valence-electron chi connectivity index (χ2n) is 9.60. The molecule has 0 aliphatic heterocycles. The molecular weight excluding hydrogens is 631 g/mol. The molecule has 0 bridgehead atoms. The molecular formula is C30H32IrNO2S-. The van der Waals surface area contributed by atoms with E-state index in [2.05, 4.69) is 89.2 Å². The Hall–Kier alpha value is -2.59. The van der Waals surface area contributed by atoms with E-state index in [1.54, 1.807) is 0 Å². The molecule has 0 atom stereocenters. The minimum Gasteiger partial charge on any atom is -0.512 e. The number of hydrogen-bond acceptors (Lipinski definition) is 4. The summed E-state index contributed by atoms with van der Waals surface area (Å²) in [6.07, 6.45) is 3.19. The SMILES string of the molecule is CC(=O)/C=C(/C)O.Cc1[c-]c(-c2cc3sc(-c4ccccc4)c(C)c3cn2)cc(C(C)(C)C)c1.[Ir]. The fourth-order valence-electron chi connectivity index (χ4n) is 3.70. The Morgan fingerprint density at radius 2 is 1.71 bits per heavy atom. The Labute approximate surface area is 226 Å². The van der Waals surface area contributed by atoms with Crippen molar-refractivity contribution in [2.45, 2.75) is 53.9 Å². The first-order chi connectivity index (χ1) is 16.0. The van der Waals surface area contributed by atoms with E-state index in [0.29, 0.717) is 0 Å².